The van der Waals surface area contributed by atoms with Crippen molar-refractivity contribution in [1.29, 1.82) is 0 Å². The van der Waals surface area contributed by atoms with E-state index in [-0.39, 0.29) is 17.7 Å². The number of benzene rings is 1. The maximum Gasteiger partial charge on any atom is 0.317 e. The molecule has 0 atom stereocenters. The van der Waals surface area contributed by atoms with Crippen LogP contribution in [0.15, 0.2) is 55.2 Å². The number of nitrogens with one attached hydrogen (secondary N) is 1. The van der Waals surface area contributed by atoms with Crippen molar-refractivity contribution in [2.24, 2.45) is 0 Å². The first kappa shape index (κ1) is 20.8. The van der Waals surface area contributed by atoms with Crippen LogP contribution in [0.5, 0.6) is 5.88 Å². The van der Waals surface area contributed by atoms with Crippen LogP contribution in [-0.2, 0) is 0 Å². The maximum absolute atomic E-state index is 12.3. The minimum atomic E-state index is -0.241. The second-order valence-corrected chi connectivity index (χ2v) is 8.73. The van der Waals surface area contributed by atoms with Gasteiger partial charge in [-0.15, -0.1) is 0 Å². The number of imidazole rings is 1. The molecule has 4 rings (SSSR count). The summed E-state index contributed by atoms with van der Waals surface area (Å²) in [6, 6.07) is 11.8. The normalized spacial score (nSPS) is 15.0. The Morgan fingerprint density at radius 3 is 2.55 bits per heavy atom. The molecule has 0 aliphatic carbocycles. The zero-order valence-electron chi connectivity index (χ0n) is 18.2. The van der Waals surface area contributed by atoms with Crippen molar-refractivity contribution in [3.05, 3.63) is 55.2 Å². The number of carbonyl (C=O) groups is 1. The van der Waals surface area contributed by atoms with Gasteiger partial charge in [0.2, 0.25) is 5.88 Å². The molecule has 1 saturated heterocycles. The van der Waals surface area contributed by atoms with Crippen molar-refractivity contribution in [1.82, 2.24) is 29.7 Å². The van der Waals surface area contributed by atoms with Crippen LogP contribution in [0.25, 0.3) is 17.1 Å². The van der Waals surface area contributed by atoms with Crippen molar-refractivity contribution in [3.8, 4) is 23.0 Å². The highest BCUT2D eigenvalue weighted by Gasteiger charge is 2.26. The number of hydrogen-bond donors (Lipinski definition) is 1. The Morgan fingerprint density at radius 2 is 1.84 bits per heavy atom. The molecular weight excluding hydrogens is 392 g/mol. The van der Waals surface area contributed by atoms with Gasteiger partial charge in [0.15, 0.2) is 0 Å². The summed E-state index contributed by atoms with van der Waals surface area (Å²) in [6.45, 7) is 7.27. The molecule has 3 aromatic rings. The number of amides is 2. The van der Waals surface area contributed by atoms with Crippen molar-refractivity contribution < 1.29 is 9.53 Å². The number of carbonyl (C=O) groups excluding carboxylic acids is 1. The molecule has 1 aliphatic rings. The Hall–Kier alpha value is -3.42. The molecule has 8 nitrogen and oxygen atoms in total. The molecule has 162 valence electrons. The molecule has 31 heavy (non-hydrogen) atoms. The molecule has 8 heteroatoms. The summed E-state index contributed by atoms with van der Waals surface area (Å²) >= 11 is 0. The zero-order valence-corrected chi connectivity index (χ0v) is 18.2. The topological polar surface area (TPSA) is 85.2 Å². The highest BCUT2D eigenvalue weighted by molar-refractivity contribution is 5.75. The molecule has 0 unspecified atom stereocenters. The van der Waals surface area contributed by atoms with Crippen molar-refractivity contribution in [2.45, 2.75) is 45.3 Å². The third kappa shape index (κ3) is 5.39. The summed E-state index contributed by atoms with van der Waals surface area (Å²) in [7, 11) is 0. The van der Waals surface area contributed by atoms with Crippen LogP contribution in [0.1, 0.15) is 33.6 Å². The zero-order chi connectivity index (χ0) is 21.8. The van der Waals surface area contributed by atoms with E-state index in [1.165, 1.54) is 6.33 Å². The van der Waals surface area contributed by atoms with E-state index in [1.807, 2.05) is 72.8 Å². The largest absolute Gasteiger partial charge is 0.474 e. The quantitative estimate of drug-likeness (QED) is 0.696. The SMILES string of the molecule is CC(C)(C)NC(=O)N1CCC(Oc2cc(-n3cnc(-c4ccccc4)c3)ncn2)CC1. The van der Waals surface area contributed by atoms with Crippen LogP contribution < -0.4 is 10.1 Å². The minimum Gasteiger partial charge on any atom is -0.474 e. The number of aromatic nitrogens is 4. The summed E-state index contributed by atoms with van der Waals surface area (Å²) in [4.78, 5) is 27.3. The lowest BCUT2D eigenvalue weighted by Crippen LogP contribution is -2.51. The standard InChI is InChI=1S/C23H28N6O2/c1-23(2,3)27-22(30)28-11-9-18(10-12-28)31-21-13-20(24-15-25-21)29-14-19(26-16-29)17-7-5-4-6-8-17/h4-8,13-16,18H,9-12H2,1-3H3,(H,27,30). The second-order valence-electron chi connectivity index (χ2n) is 8.73. The molecule has 0 spiro atoms. The van der Waals surface area contributed by atoms with Gasteiger partial charge in [-0.05, 0) is 20.8 Å². The lowest BCUT2D eigenvalue weighted by Gasteiger charge is -2.34. The summed E-state index contributed by atoms with van der Waals surface area (Å²) in [5, 5.41) is 3.01. The third-order valence-electron chi connectivity index (χ3n) is 5.04. The van der Waals surface area contributed by atoms with E-state index in [0.29, 0.717) is 24.8 Å². The lowest BCUT2D eigenvalue weighted by molar-refractivity contribution is 0.105. The Labute approximate surface area is 182 Å². The number of urea groups is 1. The molecule has 0 bridgehead atoms. The van der Waals surface area contributed by atoms with E-state index in [9.17, 15) is 4.79 Å². The van der Waals surface area contributed by atoms with Crippen LogP contribution in [-0.4, -0.2) is 55.2 Å². The average molecular weight is 421 g/mol. The summed E-state index contributed by atoms with van der Waals surface area (Å²) in [5.74, 6) is 1.22. The number of nitrogens with zero attached hydrogens (tertiary/aromatic N) is 5. The fourth-order valence-corrected chi connectivity index (χ4v) is 3.49. The molecule has 1 N–H and O–H groups in total. The predicted molar refractivity (Wildman–Crippen MR) is 118 cm³/mol. The Morgan fingerprint density at radius 1 is 1.10 bits per heavy atom. The highest BCUT2D eigenvalue weighted by atomic mass is 16.5. The molecule has 2 amide bonds. The third-order valence-corrected chi connectivity index (χ3v) is 5.04. The summed E-state index contributed by atoms with van der Waals surface area (Å²) in [6.07, 6.45) is 6.72. The first-order valence-corrected chi connectivity index (χ1v) is 10.5. The van der Waals surface area contributed by atoms with E-state index in [4.69, 9.17) is 4.74 Å². The van der Waals surface area contributed by atoms with Crippen LogP contribution >= 0.6 is 0 Å². The molecule has 1 aliphatic heterocycles. The number of rotatable bonds is 4. The lowest BCUT2D eigenvalue weighted by atomic mass is 10.1. The van der Waals surface area contributed by atoms with Crippen molar-refractivity contribution in [2.75, 3.05) is 13.1 Å². The van der Waals surface area contributed by atoms with Crippen molar-refractivity contribution in [3.63, 3.8) is 0 Å². The van der Waals surface area contributed by atoms with E-state index >= 15 is 0 Å². The molecule has 3 heterocycles. The van der Waals surface area contributed by atoms with Gasteiger partial charge < -0.3 is 15.0 Å². The number of likely N-dealkylation sites (tertiary alicyclic amines) is 1. The van der Waals surface area contributed by atoms with Gasteiger partial charge in [0, 0.05) is 49.3 Å². The molecule has 1 fully saturated rings. The number of piperidine rings is 1. The van der Waals surface area contributed by atoms with Crippen LogP contribution in [0.2, 0.25) is 0 Å². The fraction of sp³-hybridized carbons (Fsp3) is 0.391. The fourth-order valence-electron chi connectivity index (χ4n) is 3.49. The van der Waals surface area contributed by atoms with Crippen molar-refractivity contribution >= 4 is 6.03 Å². The van der Waals surface area contributed by atoms with Gasteiger partial charge in [0.1, 0.15) is 24.6 Å². The summed E-state index contributed by atoms with van der Waals surface area (Å²) in [5.41, 5.74) is 1.69. The van der Waals surface area contributed by atoms with E-state index in [0.717, 1.165) is 24.1 Å². The van der Waals surface area contributed by atoms with Gasteiger partial charge in [0.05, 0.1) is 5.69 Å². The number of ether oxygens (including phenoxy) is 1. The maximum atomic E-state index is 12.3. The van der Waals surface area contributed by atoms with E-state index < -0.39 is 0 Å². The van der Waals surface area contributed by atoms with Gasteiger partial charge in [0.25, 0.3) is 0 Å². The van der Waals surface area contributed by atoms with Gasteiger partial charge in [-0.1, -0.05) is 30.3 Å². The molecular formula is C23H28N6O2. The van der Waals surface area contributed by atoms with Gasteiger partial charge in [-0.2, -0.15) is 0 Å². The van der Waals surface area contributed by atoms with Crippen LogP contribution in [0.3, 0.4) is 0 Å². The van der Waals surface area contributed by atoms with E-state index in [1.54, 1.807) is 6.33 Å². The van der Waals surface area contributed by atoms with Gasteiger partial charge >= 0.3 is 6.03 Å². The predicted octanol–water partition coefficient (Wildman–Crippen LogP) is 3.68. The molecule has 0 saturated carbocycles. The first-order valence-electron chi connectivity index (χ1n) is 10.5. The smallest absolute Gasteiger partial charge is 0.317 e. The number of hydrogen-bond acceptors (Lipinski definition) is 5. The Balaban J connectivity index is 1.37. The first-order chi connectivity index (χ1) is 14.9. The molecule has 0 radical (unpaired) electrons. The average Bonchev–Trinajstić information content (AvgIpc) is 3.24. The highest BCUT2D eigenvalue weighted by Crippen LogP contribution is 2.21. The minimum absolute atomic E-state index is 0.0177. The Bertz CT molecular complexity index is 1020. The monoisotopic (exact) mass is 420 g/mol. The summed E-state index contributed by atoms with van der Waals surface area (Å²) < 4.78 is 7.95. The van der Waals surface area contributed by atoms with Crippen LogP contribution in [0, 0.1) is 0 Å². The van der Waals surface area contributed by atoms with Gasteiger partial charge in [-0.3, -0.25) is 4.57 Å². The molecule has 2 aromatic heterocycles. The second kappa shape index (κ2) is 8.75. The van der Waals surface area contributed by atoms with E-state index in [2.05, 4.69) is 20.3 Å². The van der Waals surface area contributed by atoms with Crippen LogP contribution in [0.4, 0.5) is 4.79 Å². The molecule has 1 aromatic carbocycles. The van der Waals surface area contributed by atoms with Gasteiger partial charge in [-0.25, -0.2) is 19.7 Å². The Kier molecular flexibility index (Phi) is 5.88.